The molecule has 4 heterocycles. The van der Waals surface area contributed by atoms with Gasteiger partial charge in [0.05, 0.1) is 40.7 Å². The first-order valence-corrected chi connectivity index (χ1v) is 28.8. The number of likely N-dealkylation sites (tertiary alicyclic amines) is 1. The van der Waals surface area contributed by atoms with E-state index in [2.05, 4.69) is 14.7 Å². The van der Waals surface area contributed by atoms with E-state index in [1.54, 1.807) is 43.0 Å². The van der Waals surface area contributed by atoms with Crippen LogP contribution in [0, 0.1) is 12.8 Å². The Bertz CT molecular complexity index is 3090. The number of aliphatic hydroxyl groups excluding tert-OH is 1. The standard InChI is InChI=1S/C54H58ClF3N5O7PS2/c1-37-50(53(65)66)51(52(59(37)2)39-11-14-42(55)15-12-39)41-7-6-8-45(34-41)62-29-27-61(28-30-62)43-16-18-44(19-17-43)63-31-32-70-71(63,67)47-20-13-40(49(35-47)73(68,69)54(56,57)58)33-38(36-72-48-9-4-3-5-10-48)21-24-60-25-22-46(64)23-26-60/h3-20,34-35,38,46,64H,21-33,36H2,1-2H3,(H,65,66)/t38-,71-/m0/s1. The van der Waals surface area contributed by atoms with Crippen molar-refractivity contribution in [3.8, 4) is 22.4 Å². The summed E-state index contributed by atoms with van der Waals surface area (Å²) in [6.45, 7) is 6.69. The van der Waals surface area contributed by atoms with Gasteiger partial charge in [0.2, 0.25) is 0 Å². The van der Waals surface area contributed by atoms with E-state index in [9.17, 15) is 41.2 Å². The maximum Gasteiger partial charge on any atom is 0.501 e. The zero-order valence-corrected chi connectivity index (χ0v) is 43.8. The number of piperazine rings is 1. The number of sulfone groups is 1. The lowest BCUT2D eigenvalue weighted by atomic mass is 9.96. The van der Waals surface area contributed by atoms with Crippen LogP contribution in [0.25, 0.3) is 22.4 Å². The van der Waals surface area contributed by atoms with E-state index in [1.807, 2.05) is 90.5 Å². The van der Waals surface area contributed by atoms with E-state index in [-0.39, 0.29) is 48.0 Å². The summed E-state index contributed by atoms with van der Waals surface area (Å²) in [5, 5.41) is 20.9. The molecule has 2 N–H and O–H groups in total. The zero-order chi connectivity index (χ0) is 51.7. The molecular weight excluding hydrogens is 1020 g/mol. The number of hydrogen-bond donors (Lipinski definition) is 2. The normalized spacial score (nSPS) is 18.6. The molecule has 19 heteroatoms. The van der Waals surface area contributed by atoms with Crippen LogP contribution in [0.15, 0.2) is 131 Å². The Morgan fingerprint density at radius 2 is 1.48 bits per heavy atom. The Kier molecular flexibility index (Phi) is 15.8. The molecule has 9 rings (SSSR count). The summed E-state index contributed by atoms with van der Waals surface area (Å²) in [7, 11) is -8.09. The van der Waals surface area contributed by atoms with Crippen molar-refractivity contribution in [1.29, 1.82) is 0 Å². The molecule has 3 fully saturated rings. The molecule has 3 aliphatic rings. The Morgan fingerprint density at radius 3 is 2.14 bits per heavy atom. The molecule has 5 aromatic carbocycles. The minimum absolute atomic E-state index is 0.00482. The van der Waals surface area contributed by atoms with E-state index in [0.717, 1.165) is 39.2 Å². The van der Waals surface area contributed by atoms with Crippen molar-refractivity contribution in [1.82, 2.24) is 9.47 Å². The van der Waals surface area contributed by atoms with E-state index in [0.29, 0.717) is 92.8 Å². The largest absolute Gasteiger partial charge is 0.501 e. The molecule has 6 aromatic rings. The number of hydrogen-bond acceptors (Lipinski definition) is 10. The Morgan fingerprint density at radius 1 is 0.822 bits per heavy atom. The van der Waals surface area contributed by atoms with Crippen LogP contribution in [0.5, 0.6) is 0 Å². The molecule has 0 radical (unpaired) electrons. The van der Waals surface area contributed by atoms with Crippen LogP contribution in [0.4, 0.5) is 30.2 Å². The van der Waals surface area contributed by atoms with Gasteiger partial charge in [-0.1, -0.05) is 60.1 Å². The fourth-order valence-electron chi connectivity index (χ4n) is 10.2. The van der Waals surface area contributed by atoms with E-state index in [1.165, 1.54) is 16.8 Å². The molecule has 12 nitrogen and oxygen atoms in total. The summed E-state index contributed by atoms with van der Waals surface area (Å²) >= 11 is 7.77. The summed E-state index contributed by atoms with van der Waals surface area (Å²) in [4.78, 5) is 19.5. The van der Waals surface area contributed by atoms with Gasteiger partial charge in [-0.3, -0.25) is 9.24 Å². The van der Waals surface area contributed by atoms with Crippen molar-refractivity contribution in [3.63, 3.8) is 0 Å². The maximum absolute atomic E-state index is 15.0. The van der Waals surface area contributed by atoms with Gasteiger partial charge in [-0.05, 0) is 135 Å². The monoisotopic (exact) mass is 1080 g/mol. The van der Waals surface area contributed by atoms with Gasteiger partial charge >= 0.3 is 19.0 Å². The molecule has 0 unspecified atom stereocenters. The number of benzene rings is 5. The quantitative estimate of drug-likeness (QED) is 0.0705. The van der Waals surface area contributed by atoms with Crippen LogP contribution < -0.4 is 19.8 Å². The van der Waals surface area contributed by atoms with Crippen LogP contribution in [0.1, 0.15) is 40.9 Å². The van der Waals surface area contributed by atoms with Crippen molar-refractivity contribution in [2.45, 2.75) is 54.0 Å². The number of aromatic nitrogens is 1. The average Bonchev–Trinajstić information content (AvgIpc) is 3.92. The molecule has 0 amide bonds. The summed E-state index contributed by atoms with van der Waals surface area (Å²) in [6.07, 6.45) is 1.57. The van der Waals surface area contributed by atoms with Gasteiger partial charge in [0, 0.05) is 90.3 Å². The topological polar surface area (TPSA) is 136 Å². The van der Waals surface area contributed by atoms with Crippen LogP contribution in [-0.4, -0.2) is 110 Å². The van der Waals surface area contributed by atoms with Gasteiger partial charge in [-0.2, -0.15) is 13.2 Å². The molecular formula is C54H58ClF3N5O7PS2. The average molecular weight is 1080 g/mol. The second-order valence-electron chi connectivity index (χ2n) is 18.9. The molecule has 3 aliphatic heterocycles. The molecule has 0 aliphatic carbocycles. The highest BCUT2D eigenvalue weighted by Gasteiger charge is 2.49. The Hall–Kier alpha value is -5.26. The first kappa shape index (κ1) is 52.6. The van der Waals surface area contributed by atoms with Crippen molar-refractivity contribution < 1.29 is 45.7 Å². The highest BCUT2D eigenvalue weighted by Crippen LogP contribution is 2.56. The summed E-state index contributed by atoms with van der Waals surface area (Å²) in [5.74, 6) is -0.688. The summed E-state index contributed by atoms with van der Waals surface area (Å²) in [5.41, 5.74) is 0.690. The SMILES string of the molecule is Cc1c(C(=O)O)c(-c2cccc(N3CCN(c4ccc(N5CCO[P@@]5(=O)c5ccc(C[C@H](CCN6CCC(O)CC6)CSc6ccccc6)c(S(=O)(=O)C(F)(F)F)c5)cc4)CC3)c2)c(-c2ccc(Cl)cc2)n1C. The molecule has 3 saturated heterocycles. The number of aliphatic hydroxyl groups is 1. The molecule has 0 bridgehead atoms. The number of aromatic carboxylic acids is 1. The molecule has 1 aromatic heterocycles. The summed E-state index contributed by atoms with van der Waals surface area (Å²) in [6, 6.07) is 36.0. The number of anilines is 3. The second-order valence-corrected chi connectivity index (χ2v) is 24.6. The zero-order valence-electron chi connectivity index (χ0n) is 40.5. The predicted octanol–water partition coefficient (Wildman–Crippen LogP) is 10.8. The lowest BCUT2D eigenvalue weighted by molar-refractivity contribution is -0.0436. The smallest absolute Gasteiger partial charge is 0.478 e. The number of rotatable bonds is 16. The third kappa shape index (κ3) is 11.2. The van der Waals surface area contributed by atoms with Crippen LogP contribution in [-0.2, 0) is 32.4 Å². The highest BCUT2D eigenvalue weighted by atomic mass is 35.5. The van der Waals surface area contributed by atoms with Crippen molar-refractivity contribution >= 4 is 69.1 Å². The van der Waals surface area contributed by atoms with Gasteiger partial charge in [-0.25, -0.2) is 13.2 Å². The molecule has 2 atom stereocenters. The van der Waals surface area contributed by atoms with Gasteiger partial charge in [-0.15, -0.1) is 11.8 Å². The minimum atomic E-state index is -5.87. The van der Waals surface area contributed by atoms with Crippen molar-refractivity contribution in [2.75, 3.05) is 79.2 Å². The number of nitrogens with zero attached hydrogens (tertiary/aromatic N) is 5. The number of alkyl halides is 3. The number of halogens is 4. The van der Waals surface area contributed by atoms with Crippen LogP contribution in [0.3, 0.4) is 0 Å². The molecule has 386 valence electrons. The van der Waals surface area contributed by atoms with Crippen molar-refractivity contribution in [2.24, 2.45) is 13.0 Å². The number of piperidine rings is 1. The first-order chi connectivity index (χ1) is 34.9. The maximum atomic E-state index is 15.0. The Labute approximate surface area is 433 Å². The third-order valence-corrected chi connectivity index (χ3v) is 19.9. The van der Waals surface area contributed by atoms with Gasteiger partial charge in [0.15, 0.2) is 0 Å². The number of thioether (sulfide) groups is 1. The Balaban J connectivity index is 0.917. The number of carboxylic acids is 1. The lowest BCUT2D eigenvalue weighted by Crippen LogP contribution is -2.46. The molecule has 73 heavy (non-hydrogen) atoms. The van der Waals surface area contributed by atoms with Crippen LogP contribution in [0.2, 0.25) is 5.02 Å². The van der Waals surface area contributed by atoms with Crippen LogP contribution >= 0.6 is 30.9 Å². The second kappa shape index (κ2) is 21.9. The van der Waals surface area contributed by atoms with Crippen molar-refractivity contribution in [3.05, 3.63) is 143 Å². The van der Waals surface area contributed by atoms with E-state index in [4.69, 9.17) is 16.1 Å². The van der Waals surface area contributed by atoms with Gasteiger partial charge < -0.3 is 34.0 Å². The van der Waals surface area contributed by atoms with Gasteiger partial charge in [0.25, 0.3) is 9.84 Å². The number of carboxylic acid groups (broad SMARTS) is 1. The molecule has 0 spiro atoms. The third-order valence-electron chi connectivity index (χ3n) is 14.3. The van der Waals surface area contributed by atoms with Gasteiger partial charge in [0.1, 0.15) is 0 Å². The minimum Gasteiger partial charge on any atom is -0.478 e. The highest BCUT2D eigenvalue weighted by molar-refractivity contribution is 7.99. The fraction of sp³-hybridized carbons (Fsp3) is 0.352. The lowest BCUT2D eigenvalue weighted by Gasteiger charge is -2.37. The predicted molar refractivity (Wildman–Crippen MR) is 285 cm³/mol. The van der Waals surface area contributed by atoms with E-state index >= 15 is 0 Å². The summed E-state index contributed by atoms with van der Waals surface area (Å²) < 4.78 is 94.7. The molecule has 0 saturated carbocycles. The number of carbonyl (C=O) groups is 1. The fourth-order valence-corrected chi connectivity index (χ4v) is 14.7. The first-order valence-electron chi connectivity index (χ1n) is 24.4. The van der Waals surface area contributed by atoms with E-state index < -0.39 is 33.7 Å².